The Morgan fingerprint density at radius 2 is 1.25 bits per heavy atom. The highest BCUT2D eigenvalue weighted by molar-refractivity contribution is 7.21. The summed E-state index contributed by atoms with van der Waals surface area (Å²) in [6.45, 7) is 6.42. The molecule has 0 fully saturated rings. The van der Waals surface area contributed by atoms with Crippen LogP contribution in [0.15, 0.2) is 165 Å². The van der Waals surface area contributed by atoms with Crippen LogP contribution >= 0.6 is 11.3 Å². The third-order valence-corrected chi connectivity index (χ3v) is 12.3. The molecule has 0 N–H and O–H groups in total. The number of thiophene rings is 1. The van der Waals surface area contributed by atoms with Gasteiger partial charge in [-0.3, -0.25) is 9.55 Å². The Balaban J connectivity index is 1.36. The number of rotatable bonds is 5. The van der Waals surface area contributed by atoms with Crippen LogP contribution in [0, 0.1) is 0 Å². The van der Waals surface area contributed by atoms with Crippen molar-refractivity contribution in [2.24, 2.45) is 0 Å². The van der Waals surface area contributed by atoms with Crippen LogP contribution in [0.2, 0.25) is 0 Å². The molecule has 0 amide bonds. The van der Waals surface area contributed by atoms with Gasteiger partial charge in [-0.05, 0) is 75.0 Å². The Morgan fingerprint density at radius 1 is 0.600 bits per heavy atom. The predicted octanol–water partition coefficient (Wildman–Crippen LogP) is 14.4. The molecule has 258 valence electrons. The van der Waals surface area contributed by atoms with Gasteiger partial charge >= 0.3 is 0 Å². The SMILES string of the molecule is C=Cc1sc2c(c1/C=C\C)c1c3ccccc3c3ccccc3c1c1c3ccccc3n(-c3cc(-c4cccc(-c5ccccc5)c4)c4ccncc4n3)c21. The quantitative estimate of drug-likeness (QED) is 0.166. The first-order valence-electron chi connectivity index (χ1n) is 18.6. The third-order valence-electron chi connectivity index (χ3n) is 11.1. The Bertz CT molecular complexity index is 3400. The molecule has 0 atom stereocenters. The number of fused-ring (bicyclic) bond motifs is 14. The molecule has 55 heavy (non-hydrogen) atoms. The van der Waals surface area contributed by atoms with Gasteiger partial charge in [0.1, 0.15) is 5.82 Å². The largest absolute Gasteiger partial charge is 0.292 e. The molecule has 3 nitrogen and oxygen atoms in total. The van der Waals surface area contributed by atoms with E-state index in [9.17, 15) is 0 Å². The summed E-state index contributed by atoms with van der Waals surface area (Å²) in [6.07, 6.45) is 10.2. The number of benzene rings is 7. The number of aromatic nitrogens is 3. The molecule has 0 aliphatic carbocycles. The lowest BCUT2D eigenvalue weighted by Crippen LogP contribution is -2.00. The zero-order valence-electron chi connectivity index (χ0n) is 30.1. The first-order chi connectivity index (χ1) is 27.2. The topological polar surface area (TPSA) is 30.7 Å². The molecule has 4 aromatic heterocycles. The van der Waals surface area contributed by atoms with E-state index in [0.29, 0.717) is 0 Å². The fraction of sp³-hybridized carbons (Fsp3) is 0.0196. The van der Waals surface area contributed by atoms with Crippen LogP contribution in [-0.4, -0.2) is 14.5 Å². The van der Waals surface area contributed by atoms with Crippen molar-refractivity contribution in [3.05, 3.63) is 175 Å². The van der Waals surface area contributed by atoms with Crippen LogP contribution in [0.25, 0.3) is 115 Å². The van der Waals surface area contributed by atoms with Crippen molar-refractivity contribution in [2.75, 3.05) is 0 Å². The van der Waals surface area contributed by atoms with E-state index in [0.717, 1.165) is 43.8 Å². The Hall–Kier alpha value is -6.88. The van der Waals surface area contributed by atoms with Crippen molar-refractivity contribution in [3.63, 3.8) is 0 Å². The van der Waals surface area contributed by atoms with E-state index in [1.807, 2.05) is 29.8 Å². The minimum Gasteiger partial charge on any atom is -0.292 e. The van der Waals surface area contributed by atoms with E-state index in [2.05, 4.69) is 175 Å². The molecule has 4 heteroatoms. The summed E-state index contributed by atoms with van der Waals surface area (Å²) in [5.74, 6) is 0.860. The maximum atomic E-state index is 5.44. The van der Waals surface area contributed by atoms with Crippen molar-refractivity contribution in [1.82, 2.24) is 14.5 Å². The Labute approximate surface area is 321 Å². The van der Waals surface area contributed by atoms with Crippen molar-refractivity contribution in [2.45, 2.75) is 6.92 Å². The molecule has 0 spiro atoms. The monoisotopic (exact) mass is 719 g/mol. The highest BCUT2D eigenvalue weighted by Crippen LogP contribution is 2.51. The van der Waals surface area contributed by atoms with Crippen molar-refractivity contribution >= 4 is 98.6 Å². The fourth-order valence-corrected chi connectivity index (χ4v) is 10.1. The summed E-state index contributed by atoms with van der Waals surface area (Å²) in [5.41, 5.74) is 8.95. The molecular weight excluding hydrogens is 687 g/mol. The maximum absolute atomic E-state index is 5.44. The molecule has 11 aromatic rings. The van der Waals surface area contributed by atoms with Gasteiger partial charge < -0.3 is 0 Å². The van der Waals surface area contributed by atoms with Gasteiger partial charge in [0.25, 0.3) is 0 Å². The molecule has 0 saturated heterocycles. The molecule has 0 saturated carbocycles. The Morgan fingerprint density at radius 3 is 2.00 bits per heavy atom. The van der Waals surface area contributed by atoms with E-state index in [-0.39, 0.29) is 0 Å². The highest BCUT2D eigenvalue weighted by Gasteiger charge is 2.26. The molecule has 4 heterocycles. The van der Waals surface area contributed by atoms with Crippen LogP contribution in [0.5, 0.6) is 0 Å². The lowest BCUT2D eigenvalue weighted by Gasteiger charge is -2.16. The Kier molecular flexibility index (Phi) is 7.10. The lowest BCUT2D eigenvalue weighted by molar-refractivity contribution is 1.10. The summed E-state index contributed by atoms with van der Waals surface area (Å²) in [4.78, 5) is 11.2. The van der Waals surface area contributed by atoms with E-state index in [1.54, 1.807) is 0 Å². The third kappa shape index (κ3) is 4.62. The zero-order valence-corrected chi connectivity index (χ0v) is 30.9. The number of para-hydroxylation sites is 1. The first-order valence-corrected chi connectivity index (χ1v) is 19.5. The highest BCUT2D eigenvalue weighted by atomic mass is 32.1. The fourth-order valence-electron chi connectivity index (χ4n) is 8.88. The summed E-state index contributed by atoms with van der Waals surface area (Å²) in [7, 11) is 0. The van der Waals surface area contributed by atoms with Gasteiger partial charge in [-0.1, -0.05) is 140 Å². The van der Waals surface area contributed by atoms with Crippen molar-refractivity contribution in [1.29, 1.82) is 0 Å². The second-order valence-electron chi connectivity index (χ2n) is 14.1. The summed E-state index contributed by atoms with van der Waals surface area (Å²) >= 11 is 1.82. The second-order valence-corrected chi connectivity index (χ2v) is 15.1. The molecule has 0 aliphatic heterocycles. The molecule has 0 bridgehead atoms. The van der Waals surface area contributed by atoms with Gasteiger partial charge in [0.15, 0.2) is 0 Å². The average molecular weight is 720 g/mol. The standard InChI is InChI=1S/C51H33N3S/c1-3-15-40-44(4-2)55-51-49(40)47-38-23-11-9-21-35(38)34-20-8-10-22-37(34)46(47)48-39-24-12-13-25-43(39)54(50(48)51)45-29-41(36-26-27-52-30-42(36)53-45)33-19-14-18-32(28-33)31-16-6-5-7-17-31/h3-30H,2H2,1H3/b15-3-. The van der Waals surface area contributed by atoms with Crippen LogP contribution in [-0.2, 0) is 0 Å². The molecule has 11 rings (SSSR count). The van der Waals surface area contributed by atoms with Gasteiger partial charge in [-0.25, -0.2) is 4.98 Å². The number of nitrogens with zero attached hydrogens (tertiary/aromatic N) is 3. The average Bonchev–Trinajstić information content (AvgIpc) is 3.79. The van der Waals surface area contributed by atoms with Crippen molar-refractivity contribution < 1.29 is 0 Å². The summed E-state index contributed by atoms with van der Waals surface area (Å²) < 4.78 is 3.64. The van der Waals surface area contributed by atoms with E-state index in [1.165, 1.54) is 69.9 Å². The molecule has 0 unspecified atom stereocenters. The van der Waals surface area contributed by atoms with Gasteiger partial charge in [-0.2, -0.15) is 0 Å². The number of hydrogen-bond acceptors (Lipinski definition) is 3. The second kappa shape index (κ2) is 12.3. The first kappa shape index (κ1) is 31.6. The lowest BCUT2D eigenvalue weighted by atomic mass is 9.89. The van der Waals surface area contributed by atoms with Crippen LogP contribution < -0.4 is 0 Å². The molecule has 0 aliphatic rings. The van der Waals surface area contributed by atoms with Gasteiger partial charge in [0.2, 0.25) is 0 Å². The number of pyridine rings is 2. The van der Waals surface area contributed by atoms with Crippen LogP contribution in [0.4, 0.5) is 0 Å². The molecule has 0 radical (unpaired) electrons. The summed E-state index contributed by atoms with van der Waals surface area (Å²) in [5, 5.41) is 12.3. The minimum absolute atomic E-state index is 0.854. The van der Waals surface area contributed by atoms with Gasteiger partial charge in [-0.15, -0.1) is 11.3 Å². The number of allylic oxidation sites excluding steroid dienone is 1. The maximum Gasteiger partial charge on any atom is 0.139 e. The normalized spacial score (nSPS) is 12.1. The molecular formula is C51H33N3S. The predicted molar refractivity (Wildman–Crippen MR) is 237 cm³/mol. The van der Waals surface area contributed by atoms with Gasteiger partial charge in [0, 0.05) is 49.0 Å². The summed E-state index contributed by atoms with van der Waals surface area (Å²) in [6, 6.07) is 50.4. The van der Waals surface area contributed by atoms with Crippen LogP contribution in [0.3, 0.4) is 0 Å². The van der Waals surface area contributed by atoms with E-state index < -0.39 is 0 Å². The molecule has 7 aromatic carbocycles. The van der Waals surface area contributed by atoms with E-state index in [4.69, 9.17) is 4.98 Å². The number of hydrogen-bond donors (Lipinski definition) is 0. The zero-order chi connectivity index (χ0) is 36.6. The van der Waals surface area contributed by atoms with E-state index >= 15 is 0 Å². The van der Waals surface area contributed by atoms with Gasteiger partial charge in [0.05, 0.1) is 27.4 Å². The van der Waals surface area contributed by atoms with Crippen LogP contribution in [0.1, 0.15) is 17.4 Å². The smallest absolute Gasteiger partial charge is 0.139 e. The van der Waals surface area contributed by atoms with Crippen molar-refractivity contribution in [3.8, 4) is 28.1 Å². The minimum atomic E-state index is 0.854.